The first-order valence-electron chi connectivity index (χ1n) is 24.7. The minimum atomic E-state index is -0.222. The Bertz CT molecular complexity index is 3280. The van der Waals surface area contributed by atoms with Crippen LogP contribution < -0.4 is 10.6 Å². The summed E-state index contributed by atoms with van der Waals surface area (Å²) in [6.45, 7) is 1.42. The number of rotatable bonds is 10. The standard InChI is InChI=1S/C65H53N5/c1-5-22-44(23-6-1)60-62(46-26-9-3-10-27-46)69(42-56-52-34-17-13-30-48(52)40-49-31-14-18-35-53(49)56)64(67-60)58-38-21-39-59(66-58)65-68-61(45-24-7-2-8-25-45)63(47-28-11-4-12-29-47)70(65)43-57-54-36-19-15-32-50(54)41-51-33-16-20-37-55(51)57/h1-41,60-65,67-68H,42-43H2/t60-,61?,62-,63-,64+,65+/m0/s1. The van der Waals surface area contributed by atoms with E-state index in [1.807, 2.05) is 0 Å². The van der Waals surface area contributed by atoms with E-state index in [1.165, 1.54) is 76.5 Å². The monoisotopic (exact) mass is 903 g/mol. The van der Waals surface area contributed by atoms with Gasteiger partial charge in [0.25, 0.3) is 0 Å². The lowest BCUT2D eigenvalue weighted by molar-refractivity contribution is 0.167. The van der Waals surface area contributed by atoms with Gasteiger partial charge in [-0.3, -0.25) is 25.4 Å². The third-order valence-electron chi connectivity index (χ3n) is 15.1. The molecule has 0 spiro atoms. The summed E-state index contributed by atoms with van der Waals surface area (Å²) in [5, 5.41) is 18.6. The largest absolute Gasteiger partial charge is 0.288 e. The fourth-order valence-electron chi connectivity index (χ4n) is 11.9. The fourth-order valence-corrected chi connectivity index (χ4v) is 11.9. The van der Waals surface area contributed by atoms with Gasteiger partial charge in [0, 0.05) is 13.1 Å². The average Bonchev–Trinajstić information content (AvgIpc) is 4.01. The van der Waals surface area contributed by atoms with Gasteiger partial charge in [0.15, 0.2) is 0 Å². The van der Waals surface area contributed by atoms with E-state index in [0.717, 1.165) is 11.4 Å². The smallest absolute Gasteiger partial charge is 0.105 e. The van der Waals surface area contributed by atoms with Gasteiger partial charge < -0.3 is 0 Å². The van der Waals surface area contributed by atoms with Crippen LogP contribution in [0.3, 0.4) is 0 Å². The van der Waals surface area contributed by atoms with Crippen molar-refractivity contribution in [2.75, 3.05) is 0 Å². The van der Waals surface area contributed by atoms with Crippen LogP contribution in [0.2, 0.25) is 0 Å². The minimum Gasteiger partial charge on any atom is -0.288 e. The van der Waals surface area contributed by atoms with Gasteiger partial charge in [0.2, 0.25) is 0 Å². The van der Waals surface area contributed by atoms with Crippen molar-refractivity contribution in [3.8, 4) is 0 Å². The van der Waals surface area contributed by atoms with Crippen molar-refractivity contribution in [3.63, 3.8) is 0 Å². The molecule has 0 aliphatic carbocycles. The van der Waals surface area contributed by atoms with Gasteiger partial charge in [-0.25, -0.2) is 0 Å². The number of fused-ring (bicyclic) bond motifs is 4. The summed E-state index contributed by atoms with van der Waals surface area (Å²) in [5.74, 6) is 0. The first-order valence-corrected chi connectivity index (χ1v) is 24.7. The third kappa shape index (κ3) is 7.65. The molecular weight excluding hydrogens is 851 g/mol. The van der Waals surface area contributed by atoms with Gasteiger partial charge in [0.05, 0.1) is 35.6 Å². The second-order valence-electron chi connectivity index (χ2n) is 19.1. The Kier molecular flexibility index (Phi) is 11.1. The van der Waals surface area contributed by atoms with Crippen LogP contribution in [0, 0.1) is 0 Å². The Balaban J connectivity index is 0.988. The molecule has 0 bridgehead atoms. The summed E-state index contributed by atoms with van der Waals surface area (Å²) < 4.78 is 0. The Morgan fingerprint density at radius 2 is 0.614 bits per heavy atom. The molecule has 2 fully saturated rings. The van der Waals surface area contributed by atoms with Gasteiger partial charge in [-0.1, -0.05) is 224 Å². The number of hydrogen-bond acceptors (Lipinski definition) is 5. The molecule has 3 heterocycles. The predicted molar refractivity (Wildman–Crippen MR) is 287 cm³/mol. The Labute approximate surface area is 409 Å². The molecule has 2 saturated heterocycles. The first kappa shape index (κ1) is 42.3. The van der Waals surface area contributed by atoms with Gasteiger partial charge in [-0.2, -0.15) is 0 Å². The van der Waals surface area contributed by atoms with Crippen molar-refractivity contribution in [3.05, 3.63) is 293 Å². The van der Waals surface area contributed by atoms with Crippen molar-refractivity contribution in [2.24, 2.45) is 0 Å². The van der Waals surface area contributed by atoms with Crippen molar-refractivity contribution in [1.82, 2.24) is 25.4 Å². The molecule has 5 heteroatoms. The molecule has 13 rings (SSSR count). The number of pyridine rings is 1. The van der Waals surface area contributed by atoms with Crippen LogP contribution in [0.25, 0.3) is 43.1 Å². The Morgan fingerprint density at radius 1 is 0.314 bits per heavy atom. The van der Waals surface area contributed by atoms with Gasteiger partial charge in [0.1, 0.15) is 12.3 Å². The molecule has 0 amide bonds. The molecule has 338 valence electrons. The maximum absolute atomic E-state index is 5.87. The second-order valence-corrected chi connectivity index (χ2v) is 19.1. The lowest BCUT2D eigenvalue weighted by Crippen LogP contribution is -2.32. The highest BCUT2D eigenvalue weighted by molar-refractivity contribution is 6.03. The van der Waals surface area contributed by atoms with Crippen molar-refractivity contribution in [1.29, 1.82) is 0 Å². The van der Waals surface area contributed by atoms with Gasteiger partial charge in [-0.05, 0) is 101 Å². The van der Waals surface area contributed by atoms with Crippen LogP contribution in [0.1, 0.15) is 81.3 Å². The van der Waals surface area contributed by atoms with E-state index in [9.17, 15) is 0 Å². The molecule has 0 saturated carbocycles. The summed E-state index contributed by atoms with van der Waals surface area (Å²) in [5.41, 5.74) is 9.71. The number of nitrogens with zero attached hydrogens (tertiary/aromatic N) is 3. The van der Waals surface area contributed by atoms with Crippen LogP contribution in [-0.2, 0) is 13.1 Å². The number of nitrogens with one attached hydrogen (secondary N) is 2. The molecule has 2 aliphatic heterocycles. The molecule has 5 nitrogen and oxygen atoms in total. The van der Waals surface area contributed by atoms with Gasteiger partial charge in [-0.15, -0.1) is 0 Å². The average molecular weight is 904 g/mol. The topological polar surface area (TPSA) is 43.4 Å². The molecular formula is C65H53N5. The highest BCUT2D eigenvalue weighted by Crippen LogP contribution is 2.50. The van der Waals surface area contributed by atoms with Crippen LogP contribution >= 0.6 is 0 Å². The van der Waals surface area contributed by atoms with E-state index in [1.54, 1.807) is 0 Å². The molecule has 11 aromatic rings. The summed E-state index contributed by atoms with van der Waals surface area (Å²) in [7, 11) is 0. The molecule has 10 aromatic carbocycles. The summed E-state index contributed by atoms with van der Waals surface area (Å²) in [6.07, 6.45) is -0.445. The Morgan fingerprint density at radius 3 is 0.957 bits per heavy atom. The van der Waals surface area contributed by atoms with Crippen LogP contribution in [0.5, 0.6) is 0 Å². The SMILES string of the molecule is c1ccc(C2N[C@@H](c3cccc([C@@H]4N[C@@H](c5ccccc5)[C@H](c5ccccc5)N4Cc4c5ccccc5cc5ccccc45)n3)N(Cc3c4ccccc4cc4ccccc34)[C@H]2c2ccccc2)cc1. The summed E-state index contributed by atoms with van der Waals surface area (Å²) in [4.78, 5) is 11.3. The van der Waals surface area contributed by atoms with E-state index in [-0.39, 0.29) is 36.5 Å². The maximum atomic E-state index is 5.87. The number of aromatic nitrogens is 1. The normalized spacial score (nSPS) is 20.7. The number of benzene rings is 10. The molecule has 70 heavy (non-hydrogen) atoms. The zero-order valence-electron chi connectivity index (χ0n) is 38.9. The van der Waals surface area contributed by atoms with E-state index in [0.29, 0.717) is 13.1 Å². The molecule has 2 aliphatic rings. The van der Waals surface area contributed by atoms with E-state index < -0.39 is 0 Å². The highest BCUT2D eigenvalue weighted by Gasteiger charge is 2.46. The zero-order valence-corrected chi connectivity index (χ0v) is 38.9. The van der Waals surface area contributed by atoms with Crippen molar-refractivity contribution >= 4 is 43.1 Å². The van der Waals surface area contributed by atoms with E-state index >= 15 is 0 Å². The number of hydrogen-bond donors (Lipinski definition) is 2. The maximum Gasteiger partial charge on any atom is 0.105 e. The zero-order chi connectivity index (χ0) is 46.4. The quantitative estimate of drug-likeness (QED) is 0.134. The highest BCUT2D eigenvalue weighted by atomic mass is 15.4. The van der Waals surface area contributed by atoms with Crippen LogP contribution in [-0.4, -0.2) is 14.8 Å². The van der Waals surface area contributed by atoms with E-state index in [2.05, 4.69) is 269 Å². The minimum absolute atomic E-state index is 0.00227. The summed E-state index contributed by atoms with van der Waals surface area (Å²) >= 11 is 0. The van der Waals surface area contributed by atoms with E-state index in [4.69, 9.17) is 4.98 Å². The predicted octanol–water partition coefficient (Wildman–Crippen LogP) is 14.9. The molecule has 1 unspecified atom stereocenters. The Hall–Kier alpha value is -7.77. The van der Waals surface area contributed by atoms with Crippen molar-refractivity contribution in [2.45, 2.75) is 49.6 Å². The van der Waals surface area contributed by atoms with Crippen molar-refractivity contribution < 1.29 is 0 Å². The van der Waals surface area contributed by atoms with Crippen LogP contribution in [0.4, 0.5) is 0 Å². The third-order valence-corrected chi connectivity index (χ3v) is 15.1. The lowest BCUT2D eigenvalue weighted by atomic mass is 9.92. The second kappa shape index (κ2) is 18.3. The van der Waals surface area contributed by atoms with Gasteiger partial charge >= 0.3 is 0 Å². The molecule has 6 atom stereocenters. The lowest BCUT2D eigenvalue weighted by Gasteiger charge is -2.33. The molecule has 2 N–H and O–H groups in total. The first-order chi connectivity index (χ1) is 34.7. The van der Waals surface area contributed by atoms with Crippen LogP contribution in [0.15, 0.2) is 249 Å². The molecule has 1 aromatic heterocycles. The fraction of sp³-hybridized carbons (Fsp3) is 0.123. The molecule has 0 radical (unpaired) electrons. The summed E-state index contributed by atoms with van der Waals surface area (Å²) in [6, 6.07) is 91.1.